The van der Waals surface area contributed by atoms with Crippen LogP contribution < -0.4 is 15.4 Å². The van der Waals surface area contributed by atoms with Gasteiger partial charge in [0.25, 0.3) is 0 Å². The van der Waals surface area contributed by atoms with Gasteiger partial charge in [-0.3, -0.25) is 4.90 Å². The Kier molecular flexibility index (Phi) is 5.30. The van der Waals surface area contributed by atoms with Gasteiger partial charge in [-0.1, -0.05) is 6.42 Å². The van der Waals surface area contributed by atoms with E-state index in [0.29, 0.717) is 35.5 Å². The second-order valence-corrected chi connectivity index (χ2v) is 9.01. The third-order valence-corrected chi connectivity index (χ3v) is 6.72. The molecule has 3 heterocycles. The normalized spacial score (nSPS) is 18.1. The summed E-state index contributed by atoms with van der Waals surface area (Å²) < 4.78 is 18.5. The van der Waals surface area contributed by atoms with Gasteiger partial charge < -0.3 is 24.1 Å². The minimum absolute atomic E-state index is 0.147. The molecule has 6 nitrogen and oxygen atoms in total. The number of hydrogen-bond acceptors (Lipinski definition) is 6. The van der Waals surface area contributed by atoms with Gasteiger partial charge in [0.05, 0.1) is 5.22 Å². The highest BCUT2D eigenvalue weighted by Gasteiger charge is 2.25. The summed E-state index contributed by atoms with van der Waals surface area (Å²) in [6, 6.07) is 13.0. The first-order chi connectivity index (χ1) is 16.7. The van der Waals surface area contributed by atoms with Crippen LogP contribution in [-0.4, -0.2) is 41.4 Å². The maximum Gasteiger partial charge on any atom is 0.146 e. The van der Waals surface area contributed by atoms with Gasteiger partial charge in [-0.2, -0.15) is 0 Å². The third-order valence-electron chi connectivity index (χ3n) is 6.72. The molecule has 3 aromatic rings. The van der Waals surface area contributed by atoms with Gasteiger partial charge in [0.15, 0.2) is 0 Å². The molecule has 1 aliphatic carbocycles. The number of furan rings is 1. The first-order valence-electron chi connectivity index (χ1n) is 11.9. The van der Waals surface area contributed by atoms with Crippen molar-refractivity contribution in [3.05, 3.63) is 82.3 Å². The molecule has 6 rings (SSSR count). The van der Waals surface area contributed by atoms with E-state index in [4.69, 9.17) is 13.9 Å². The molecule has 2 N–H and O–H groups in total. The number of fused-ring (bicyclic) bond motifs is 4. The van der Waals surface area contributed by atoms with Crippen molar-refractivity contribution >= 4 is 22.3 Å². The first kappa shape index (κ1) is 20.9. The monoisotopic (exact) mass is 457 g/mol. The maximum absolute atomic E-state index is 10.0. The lowest BCUT2D eigenvalue weighted by Gasteiger charge is -2.26. The molecule has 0 saturated carbocycles. The highest BCUT2D eigenvalue weighted by Crippen LogP contribution is 2.32. The van der Waals surface area contributed by atoms with Gasteiger partial charge >= 0.3 is 0 Å². The number of benzene rings is 2. The second-order valence-electron chi connectivity index (χ2n) is 9.01. The minimum atomic E-state index is 0.147. The Bertz CT molecular complexity index is 1420. The molecular weight excluding hydrogens is 430 g/mol. The van der Waals surface area contributed by atoms with Gasteiger partial charge in [-0.05, 0) is 68.4 Å². The average molecular weight is 458 g/mol. The van der Waals surface area contributed by atoms with Crippen LogP contribution in [0.25, 0.3) is 22.3 Å². The van der Waals surface area contributed by atoms with E-state index in [1.807, 2.05) is 30.3 Å². The van der Waals surface area contributed by atoms with Gasteiger partial charge in [0.1, 0.15) is 46.4 Å². The zero-order valence-corrected chi connectivity index (χ0v) is 18.9. The van der Waals surface area contributed by atoms with Crippen LogP contribution in [0.4, 0.5) is 0 Å². The SMILES string of the molecule is OC1=CCC2=c3oc4cc(O)ccc4c3=C(c3ccc(OCCN4CCCCC4)cc3)OC2=C1. The topological polar surface area (TPSA) is 75.3 Å². The van der Waals surface area contributed by atoms with Gasteiger partial charge in [0.2, 0.25) is 0 Å². The smallest absolute Gasteiger partial charge is 0.146 e. The number of hydrogen-bond donors (Lipinski definition) is 2. The standard InChI is InChI=1S/C28H27NO5/c30-19-6-10-22-24(16-19)34-28-23-11-7-20(31)17-25(23)33-27(26(22)28)18-4-8-21(9-5-18)32-15-14-29-12-2-1-3-13-29/h4-10,16-17,30-31H,1-3,11-15H2. The molecule has 0 unspecified atom stereocenters. The van der Waals surface area contributed by atoms with Crippen molar-refractivity contribution in [1.82, 2.24) is 4.90 Å². The number of piperidine rings is 1. The molecule has 174 valence electrons. The Morgan fingerprint density at radius 2 is 1.79 bits per heavy atom. The highest BCUT2D eigenvalue weighted by atomic mass is 16.5. The fourth-order valence-corrected chi connectivity index (χ4v) is 4.95. The Balaban J connectivity index is 1.35. The van der Waals surface area contributed by atoms with Crippen LogP contribution in [0.1, 0.15) is 31.2 Å². The van der Waals surface area contributed by atoms with Crippen LogP contribution in [0, 0.1) is 0 Å². The van der Waals surface area contributed by atoms with Crippen molar-refractivity contribution in [3.8, 4) is 11.5 Å². The predicted molar refractivity (Wildman–Crippen MR) is 130 cm³/mol. The first-order valence-corrected chi connectivity index (χ1v) is 11.9. The van der Waals surface area contributed by atoms with Gasteiger partial charge in [-0.25, -0.2) is 0 Å². The van der Waals surface area contributed by atoms with Crippen molar-refractivity contribution < 1.29 is 24.1 Å². The Morgan fingerprint density at radius 3 is 2.62 bits per heavy atom. The summed E-state index contributed by atoms with van der Waals surface area (Å²) in [5, 5.41) is 21.7. The zero-order valence-electron chi connectivity index (χ0n) is 18.9. The molecule has 0 bridgehead atoms. The molecule has 3 aliphatic rings. The lowest BCUT2D eigenvalue weighted by molar-refractivity contribution is 0.183. The van der Waals surface area contributed by atoms with Crippen LogP contribution >= 0.6 is 0 Å². The summed E-state index contributed by atoms with van der Waals surface area (Å²) in [5.41, 5.74) is 3.06. The second kappa shape index (κ2) is 8.61. The molecule has 6 heteroatoms. The van der Waals surface area contributed by atoms with E-state index < -0.39 is 0 Å². The number of ether oxygens (including phenoxy) is 2. The molecular formula is C28H27NO5. The van der Waals surface area contributed by atoms with Gasteiger partial charge in [-0.15, -0.1) is 0 Å². The number of aromatic hydroxyl groups is 1. The van der Waals surface area contributed by atoms with E-state index in [2.05, 4.69) is 4.90 Å². The number of rotatable bonds is 5. The summed E-state index contributed by atoms with van der Waals surface area (Å²) in [6.07, 6.45) is 7.75. The van der Waals surface area contributed by atoms with Crippen molar-refractivity contribution in [2.75, 3.05) is 26.2 Å². The summed E-state index contributed by atoms with van der Waals surface area (Å²) in [6.45, 7) is 3.94. The third kappa shape index (κ3) is 3.84. The largest absolute Gasteiger partial charge is 0.508 e. The molecule has 2 aliphatic heterocycles. The lowest BCUT2D eigenvalue weighted by Crippen LogP contribution is -2.33. The van der Waals surface area contributed by atoms with Crippen molar-refractivity contribution in [1.29, 1.82) is 0 Å². The predicted octanol–water partition coefficient (Wildman–Crippen LogP) is 4.07. The fraction of sp³-hybridized carbons (Fsp3) is 0.286. The molecule has 34 heavy (non-hydrogen) atoms. The molecule has 1 fully saturated rings. The van der Waals surface area contributed by atoms with Crippen molar-refractivity contribution in [3.63, 3.8) is 0 Å². The molecule has 1 aromatic heterocycles. The van der Waals surface area contributed by atoms with E-state index in [1.165, 1.54) is 19.3 Å². The minimum Gasteiger partial charge on any atom is -0.508 e. The molecule has 1 saturated heterocycles. The van der Waals surface area contributed by atoms with E-state index in [1.54, 1.807) is 24.3 Å². The number of allylic oxidation sites excluding steroid dienone is 3. The van der Waals surface area contributed by atoms with Crippen molar-refractivity contribution in [2.24, 2.45) is 0 Å². The fourth-order valence-electron chi connectivity index (χ4n) is 4.95. The van der Waals surface area contributed by atoms with E-state index in [9.17, 15) is 10.2 Å². The number of likely N-dealkylation sites (tertiary alicyclic amines) is 1. The lowest BCUT2D eigenvalue weighted by atomic mass is 9.99. The highest BCUT2D eigenvalue weighted by molar-refractivity contribution is 5.86. The Labute approximate surface area is 197 Å². The van der Waals surface area contributed by atoms with Crippen LogP contribution in [0.5, 0.6) is 11.5 Å². The van der Waals surface area contributed by atoms with E-state index in [-0.39, 0.29) is 11.5 Å². The zero-order chi connectivity index (χ0) is 23.1. The summed E-state index contributed by atoms with van der Waals surface area (Å²) in [5.74, 6) is 2.38. The van der Waals surface area contributed by atoms with Crippen LogP contribution in [-0.2, 0) is 4.74 Å². The number of phenolic OH excluding ortho intramolecular Hbond substituents is 1. The number of aliphatic hydroxyl groups excluding tert-OH is 1. The van der Waals surface area contributed by atoms with Crippen molar-refractivity contribution in [2.45, 2.75) is 25.7 Å². The molecule has 0 spiro atoms. The number of nitrogens with zero attached hydrogens (tertiary/aromatic N) is 1. The quantitative estimate of drug-likeness (QED) is 0.602. The molecule has 0 amide bonds. The van der Waals surface area contributed by atoms with Gasteiger partial charge in [0, 0.05) is 41.6 Å². The summed E-state index contributed by atoms with van der Waals surface area (Å²) >= 11 is 0. The summed E-state index contributed by atoms with van der Waals surface area (Å²) in [7, 11) is 0. The van der Waals surface area contributed by atoms with Crippen LogP contribution in [0.15, 0.2) is 70.6 Å². The number of phenols is 1. The average Bonchev–Trinajstić information content (AvgIpc) is 3.23. The summed E-state index contributed by atoms with van der Waals surface area (Å²) in [4.78, 5) is 2.46. The van der Waals surface area contributed by atoms with Crippen LogP contribution in [0.2, 0.25) is 0 Å². The molecule has 0 radical (unpaired) electrons. The molecule has 2 aromatic carbocycles. The Hall–Kier alpha value is -3.64. The van der Waals surface area contributed by atoms with E-state index >= 15 is 0 Å². The van der Waals surface area contributed by atoms with Crippen LogP contribution in [0.3, 0.4) is 0 Å². The molecule has 0 atom stereocenters. The maximum atomic E-state index is 10.0. The number of aliphatic hydroxyl groups is 1. The van der Waals surface area contributed by atoms with E-state index in [0.717, 1.165) is 47.1 Å². The Morgan fingerprint density at radius 1 is 0.971 bits per heavy atom.